The first-order valence-corrected chi connectivity index (χ1v) is 9.55. The van der Waals surface area contributed by atoms with Gasteiger partial charge in [-0.15, -0.1) is 0 Å². The molecule has 1 aromatic carbocycles. The topological polar surface area (TPSA) is 63.8 Å². The van der Waals surface area contributed by atoms with Crippen molar-refractivity contribution >= 4 is 10.0 Å². The molecule has 0 aliphatic carbocycles. The Kier molecular flexibility index (Phi) is 5.82. The first-order chi connectivity index (χ1) is 11.6. The van der Waals surface area contributed by atoms with Crippen LogP contribution in [0.25, 0.3) is 0 Å². The number of hydrogen-bond acceptors (Lipinski definition) is 3. The minimum absolute atomic E-state index is 0.122. The number of pyridine rings is 1. The van der Waals surface area contributed by atoms with Crippen LogP contribution < -0.4 is 10.5 Å². The number of aryl methyl sites for hydroxylation is 2. The Morgan fingerprint density at radius 1 is 1.12 bits per heavy atom. The zero-order chi connectivity index (χ0) is 18.8. The summed E-state index contributed by atoms with van der Waals surface area (Å²) in [5, 5.41) is 0. The van der Waals surface area contributed by atoms with Crippen LogP contribution >= 0.6 is 0 Å². The smallest absolute Gasteiger partial charge is 0.254 e. The summed E-state index contributed by atoms with van der Waals surface area (Å²) >= 11 is 0. The molecule has 1 unspecified atom stereocenters. The first-order valence-electron chi connectivity index (χ1n) is 8.11. The summed E-state index contributed by atoms with van der Waals surface area (Å²) in [6.07, 6.45) is 1.42. The molecule has 1 aromatic heterocycles. The van der Waals surface area contributed by atoms with Crippen LogP contribution in [0.2, 0.25) is 0 Å². The lowest BCUT2D eigenvalue weighted by Gasteiger charge is -2.18. The van der Waals surface area contributed by atoms with E-state index in [-0.39, 0.29) is 10.5 Å². The molecule has 0 radical (unpaired) electrons. The molecule has 1 heterocycles. The summed E-state index contributed by atoms with van der Waals surface area (Å²) in [6.45, 7) is 5.28. The van der Waals surface area contributed by atoms with Gasteiger partial charge in [0.1, 0.15) is 6.54 Å². The summed E-state index contributed by atoms with van der Waals surface area (Å²) < 4.78 is 27.1. The highest BCUT2D eigenvalue weighted by Gasteiger charge is 2.19. The van der Waals surface area contributed by atoms with Gasteiger partial charge in [0.15, 0.2) is 6.67 Å². The number of nitrogens with zero attached hydrogens (tertiary/aromatic N) is 2. The standard InChI is InChI=1S/C18H25N3O3S/c1-14-6-7-16(15(2)10-14)11-20(5)13-21-12-17(8-9-18(21)22)25(23,24)19(3)4/h6-10,12H,11,13H2,1-5H3/p+1. The number of aromatic nitrogens is 1. The summed E-state index contributed by atoms with van der Waals surface area (Å²) in [5.41, 5.74) is 3.44. The number of sulfonamides is 1. The zero-order valence-corrected chi connectivity index (χ0v) is 16.2. The van der Waals surface area contributed by atoms with Crippen LogP contribution in [0.3, 0.4) is 0 Å². The lowest BCUT2D eigenvalue weighted by molar-refractivity contribution is -0.917. The summed E-state index contributed by atoms with van der Waals surface area (Å²) in [4.78, 5) is 13.3. The van der Waals surface area contributed by atoms with E-state index in [4.69, 9.17) is 0 Å². The molecule has 1 N–H and O–H groups in total. The molecule has 2 aromatic rings. The van der Waals surface area contributed by atoms with Gasteiger partial charge in [0.05, 0.1) is 11.9 Å². The van der Waals surface area contributed by atoms with E-state index in [1.54, 1.807) is 0 Å². The van der Waals surface area contributed by atoms with Gasteiger partial charge in [-0.1, -0.05) is 23.8 Å². The van der Waals surface area contributed by atoms with Crippen molar-refractivity contribution in [2.75, 3.05) is 21.1 Å². The van der Waals surface area contributed by atoms with Crippen molar-refractivity contribution in [1.29, 1.82) is 0 Å². The highest BCUT2D eigenvalue weighted by molar-refractivity contribution is 7.89. The molecular formula is C18H26N3O3S+. The summed E-state index contributed by atoms with van der Waals surface area (Å²) in [5.74, 6) is 0. The molecule has 0 fully saturated rings. The maximum absolute atomic E-state index is 12.3. The van der Waals surface area contributed by atoms with Gasteiger partial charge in [-0.3, -0.25) is 9.36 Å². The van der Waals surface area contributed by atoms with Gasteiger partial charge < -0.3 is 4.90 Å². The molecule has 0 aliphatic heterocycles. The second-order valence-electron chi connectivity index (χ2n) is 6.68. The van der Waals surface area contributed by atoms with Crippen LogP contribution in [0, 0.1) is 13.8 Å². The van der Waals surface area contributed by atoms with Gasteiger partial charge in [0, 0.05) is 31.9 Å². The van der Waals surface area contributed by atoms with Crippen molar-refractivity contribution in [3.8, 4) is 0 Å². The van der Waals surface area contributed by atoms with Gasteiger partial charge in [0.2, 0.25) is 10.0 Å². The van der Waals surface area contributed by atoms with Crippen LogP contribution in [0.5, 0.6) is 0 Å². The Balaban J connectivity index is 2.23. The van der Waals surface area contributed by atoms with Crippen molar-refractivity contribution in [2.45, 2.75) is 32.0 Å². The van der Waals surface area contributed by atoms with E-state index < -0.39 is 10.0 Å². The van der Waals surface area contributed by atoms with Gasteiger partial charge in [-0.2, -0.15) is 0 Å². The van der Waals surface area contributed by atoms with E-state index in [1.807, 2.05) is 7.05 Å². The van der Waals surface area contributed by atoms with Gasteiger partial charge >= 0.3 is 0 Å². The molecule has 136 valence electrons. The summed E-state index contributed by atoms with van der Waals surface area (Å²) in [7, 11) is 1.38. The zero-order valence-electron chi connectivity index (χ0n) is 15.4. The third kappa shape index (κ3) is 4.56. The minimum Gasteiger partial charge on any atom is -0.316 e. The molecule has 7 heteroatoms. The van der Waals surface area contributed by atoms with Crippen molar-refractivity contribution in [3.63, 3.8) is 0 Å². The normalized spacial score (nSPS) is 13.2. The van der Waals surface area contributed by atoms with Gasteiger partial charge in [-0.25, -0.2) is 12.7 Å². The highest BCUT2D eigenvalue weighted by atomic mass is 32.2. The maximum Gasteiger partial charge on any atom is 0.254 e. The van der Waals surface area contributed by atoms with Crippen molar-refractivity contribution < 1.29 is 13.3 Å². The van der Waals surface area contributed by atoms with Crippen LogP contribution in [0.15, 0.2) is 46.2 Å². The molecule has 0 bridgehead atoms. The van der Waals surface area contributed by atoms with E-state index in [9.17, 15) is 13.2 Å². The molecular weight excluding hydrogens is 338 g/mol. The second-order valence-corrected chi connectivity index (χ2v) is 8.83. The summed E-state index contributed by atoms with van der Waals surface area (Å²) in [6, 6.07) is 8.98. The highest BCUT2D eigenvalue weighted by Crippen LogP contribution is 2.11. The fourth-order valence-corrected chi connectivity index (χ4v) is 3.63. The van der Waals surface area contributed by atoms with E-state index in [0.717, 1.165) is 15.7 Å². The number of benzene rings is 1. The van der Waals surface area contributed by atoms with E-state index >= 15 is 0 Å². The Labute approximate surface area is 149 Å². The quantitative estimate of drug-likeness (QED) is 0.806. The Hall–Kier alpha value is -1.96. The molecule has 6 nitrogen and oxygen atoms in total. The molecule has 25 heavy (non-hydrogen) atoms. The predicted molar refractivity (Wildman–Crippen MR) is 98.1 cm³/mol. The maximum atomic E-state index is 12.3. The number of quaternary nitrogens is 1. The van der Waals surface area contributed by atoms with Crippen LogP contribution in [-0.4, -0.2) is 38.4 Å². The predicted octanol–water partition coefficient (Wildman–Crippen LogP) is 0.388. The number of hydrogen-bond donors (Lipinski definition) is 1. The number of rotatable bonds is 6. The Morgan fingerprint density at radius 2 is 1.80 bits per heavy atom. The molecule has 0 spiro atoms. The van der Waals surface area contributed by atoms with Gasteiger partial charge in [0.25, 0.3) is 5.56 Å². The van der Waals surface area contributed by atoms with Crippen molar-refractivity contribution in [2.24, 2.45) is 0 Å². The van der Waals surface area contributed by atoms with E-state index in [1.165, 1.54) is 53.7 Å². The fourth-order valence-electron chi connectivity index (χ4n) is 2.71. The first kappa shape index (κ1) is 19.4. The van der Waals surface area contributed by atoms with Crippen molar-refractivity contribution in [1.82, 2.24) is 8.87 Å². The van der Waals surface area contributed by atoms with Crippen molar-refractivity contribution in [3.05, 3.63) is 63.6 Å². The second kappa shape index (κ2) is 7.51. The molecule has 0 amide bonds. The van der Waals surface area contributed by atoms with Crippen LogP contribution in [-0.2, 0) is 23.2 Å². The van der Waals surface area contributed by atoms with Gasteiger partial charge in [-0.05, 0) is 25.5 Å². The molecule has 0 saturated carbocycles. The lowest BCUT2D eigenvalue weighted by Crippen LogP contribution is -3.07. The average Bonchev–Trinajstić information content (AvgIpc) is 2.52. The Bertz CT molecular complexity index is 917. The fraction of sp³-hybridized carbons (Fsp3) is 0.389. The minimum atomic E-state index is -3.56. The van der Waals surface area contributed by atoms with E-state index in [2.05, 4.69) is 32.0 Å². The monoisotopic (exact) mass is 364 g/mol. The largest absolute Gasteiger partial charge is 0.316 e. The third-order valence-corrected chi connectivity index (χ3v) is 5.96. The molecule has 2 rings (SSSR count). The SMILES string of the molecule is Cc1ccc(C[NH+](C)Cn2cc(S(=O)(=O)N(C)C)ccc2=O)c(C)c1. The van der Waals surface area contributed by atoms with E-state index in [0.29, 0.717) is 6.67 Å². The third-order valence-electron chi connectivity index (χ3n) is 4.17. The Morgan fingerprint density at radius 3 is 2.40 bits per heavy atom. The lowest BCUT2D eigenvalue weighted by atomic mass is 10.1. The van der Waals surface area contributed by atoms with Crippen LogP contribution in [0.1, 0.15) is 16.7 Å². The number of nitrogens with one attached hydrogen (secondary N) is 1. The molecule has 0 saturated heterocycles. The average molecular weight is 364 g/mol. The molecule has 1 atom stereocenters. The molecule has 0 aliphatic rings. The van der Waals surface area contributed by atoms with Crippen LogP contribution in [0.4, 0.5) is 0 Å².